The third-order valence-electron chi connectivity index (χ3n) is 3.07. The second kappa shape index (κ2) is 7.40. The van der Waals surface area contributed by atoms with E-state index in [0.29, 0.717) is 0 Å². The van der Waals surface area contributed by atoms with Gasteiger partial charge in [0.15, 0.2) is 5.75 Å². The van der Waals surface area contributed by atoms with Gasteiger partial charge in [-0.25, -0.2) is 0 Å². The average Bonchev–Trinajstić information content (AvgIpc) is 2.53. The molecule has 2 rings (SSSR count). The number of nitrogens with one attached hydrogen (secondary N) is 1. The lowest BCUT2D eigenvalue weighted by Gasteiger charge is -2.10. The van der Waals surface area contributed by atoms with Crippen LogP contribution in [0.2, 0.25) is 0 Å². The Balaban J connectivity index is 2.19. The SMILES string of the molecule is CC(C)NC(=O)c1ccc(OCc2ccccc2)c([N+](=O)[O-])c1. The van der Waals surface area contributed by atoms with Gasteiger partial charge in [-0.1, -0.05) is 30.3 Å². The summed E-state index contributed by atoms with van der Waals surface area (Å²) in [6, 6.07) is 13.5. The lowest BCUT2D eigenvalue weighted by molar-refractivity contribution is -0.386. The molecule has 1 N–H and O–H groups in total. The lowest BCUT2D eigenvalue weighted by Crippen LogP contribution is -2.30. The number of benzene rings is 2. The predicted molar refractivity (Wildman–Crippen MR) is 86.5 cm³/mol. The van der Waals surface area contributed by atoms with Crippen LogP contribution in [0.4, 0.5) is 5.69 Å². The summed E-state index contributed by atoms with van der Waals surface area (Å²) >= 11 is 0. The Labute approximate surface area is 134 Å². The van der Waals surface area contributed by atoms with Gasteiger partial charge >= 0.3 is 5.69 Å². The van der Waals surface area contributed by atoms with E-state index in [9.17, 15) is 14.9 Å². The number of carbonyl (C=O) groups is 1. The van der Waals surface area contributed by atoms with Crippen molar-refractivity contribution in [2.75, 3.05) is 0 Å². The summed E-state index contributed by atoms with van der Waals surface area (Å²) in [5, 5.41) is 13.9. The van der Waals surface area contributed by atoms with Crippen molar-refractivity contribution < 1.29 is 14.5 Å². The zero-order valence-corrected chi connectivity index (χ0v) is 13.0. The first-order valence-corrected chi connectivity index (χ1v) is 7.23. The molecule has 0 fully saturated rings. The molecule has 2 aromatic carbocycles. The van der Waals surface area contributed by atoms with Crippen LogP contribution in [0.25, 0.3) is 0 Å². The third kappa shape index (κ3) is 4.54. The summed E-state index contributed by atoms with van der Waals surface area (Å²) in [6.45, 7) is 3.87. The molecular formula is C17H18N2O4. The molecule has 0 saturated carbocycles. The first kappa shape index (κ1) is 16.5. The normalized spacial score (nSPS) is 10.4. The Hall–Kier alpha value is -2.89. The topological polar surface area (TPSA) is 81.5 Å². The number of hydrogen-bond donors (Lipinski definition) is 1. The van der Waals surface area contributed by atoms with Crippen molar-refractivity contribution in [1.82, 2.24) is 5.32 Å². The van der Waals surface area contributed by atoms with Crippen molar-refractivity contribution in [3.05, 3.63) is 69.8 Å². The number of carbonyl (C=O) groups excluding carboxylic acids is 1. The van der Waals surface area contributed by atoms with Gasteiger partial charge < -0.3 is 10.1 Å². The molecule has 0 bridgehead atoms. The fraction of sp³-hybridized carbons (Fsp3) is 0.235. The van der Waals surface area contributed by atoms with Crippen molar-refractivity contribution >= 4 is 11.6 Å². The summed E-state index contributed by atoms with van der Waals surface area (Å²) in [5.74, 6) is -0.211. The van der Waals surface area contributed by atoms with Crippen molar-refractivity contribution in [1.29, 1.82) is 0 Å². The highest BCUT2D eigenvalue weighted by Crippen LogP contribution is 2.28. The van der Waals surface area contributed by atoms with Crippen LogP contribution in [0.3, 0.4) is 0 Å². The minimum atomic E-state index is -0.549. The predicted octanol–water partition coefficient (Wildman–Crippen LogP) is 3.31. The Morgan fingerprint density at radius 1 is 1.22 bits per heavy atom. The molecule has 6 nitrogen and oxygen atoms in total. The number of nitro groups is 1. The van der Waals surface area contributed by atoms with Crippen molar-refractivity contribution in [3.8, 4) is 5.75 Å². The van der Waals surface area contributed by atoms with Crippen LogP contribution in [0, 0.1) is 10.1 Å². The molecule has 0 radical (unpaired) electrons. The van der Waals surface area contributed by atoms with Crippen LogP contribution in [0.5, 0.6) is 5.75 Å². The summed E-state index contributed by atoms with van der Waals surface area (Å²) in [5.41, 5.74) is 0.915. The molecule has 1 amide bonds. The van der Waals surface area contributed by atoms with Gasteiger partial charge in [0.1, 0.15) is 6.61 Å². The summed E-state index contributed by atoms with van der Waals surface area (Å²) in [6.07, 6.45) is 0. The molecule has 0 aliphatic heterocycles. The van der Waals surface area contributed by atoms with Crippen LogP contribution in [-0.2, 0) is 6.61 Å². The molecule has 0 aliphatic carbocycles. The number of nitro benzene ring substituents is 1. The molecule has 0 aliphatic rings. The minimum absolute atomic E-state index is 0.0458. The molecule has 6 heteroatoms. The van der Waals surface area contributed by atoms with Gasteiger partial charge in [0.05, 0.1) is 4.92 Å². The fourth-order valence-electron chi connectivity index (χ4n) is 2.00. The van der Waals surface area contributed by atoms with Gasteiger partial charge in [-0.15, -0.1) is 0 Å². The van der Waals surface area contributed by atoms with E-state index in [1.165, 1.54) is 18.2 Å². The van der Waals surface area contributed by atoms with E-state index in [0.717, 1.165) is 5.56 Å². The summed E-state index contributed by atoms with van der Waals surface area (Å²) in [7, 11) is 0. The quantitative estimate of drug-likeness (QED) is 0.655. The standard InChI is InChI=1S/C17H18N2O4/c1-12(2)18-17(20)14-8-9-16(15(10-14)19(21)22)23-11-13-6-4-3-5-7-13/h3-10,12H,11H2,1-2H3,(H,18,20). The van der Waals surface area contributed by atoms with Gasteiger partial charge in [-0.05, 0) is 31.5 Å². The maximum atomic E-state index is 11.9. The van der Waals surface area contributed by atoms with Gasteiger partial charge in [0.25, 0.3) is 5.91 Å². The Kier molecular flexibility index (Phi) is 5.30. The number of rotatable bonds is 6. The van der Waals surface area contributed by atoms with E-state index in [4.69, 9.17) is 4.74 Å². The fourth-order valence-corrected chi connectivity index (χ4v) is 2.00. The van der Waals surface area contributed by atoms with E-state index in [1.807, 2.05) is 44.2 Å². The first-order valence-electron chi connectivity index (χ1n) is 7.23. The monoisotopic (exact) mass is 314 g/mol. The van der Waals surface area contributed by atoms with Crippen LogP contribution >= 0.6 is 0 Å². The Bertz CT molecular complexity index is 699. The minimum Gasteiger partial charge on any atom is -0.482 e. The maximum Gasteiger partial charge on any atom is 0.311 e. The van der Waals surface area contributed by atoms with E-state index in [1.54, 1.807) is 0 Å². The molecule has 120 valence electrons. The van der Waals surface area contributed by atoms with Crippen LogP contribution < -0.4 is 10.1 Å². The second-order valence-electron chi connectivity index (χ2n) is 5.34. The van der Waals surface area contributed by atoms with Crippen LogP contribution in [0.1, 0.15) is 29.8 Å². The molecule has 0 saturated heterocycles. The van der Waals surface area contributed by atoms with Crippen LogP contribution in [0.15, 0.2) is 48.5 Å². The first-order chi connectivity index (χ1) is 11.0. The molecule has 23 heavy (non-hydrogen) atoms. The van der Waals surface area contributed by atoms with E-state index in [2.05, 4.69) is 5.32 Å². The van der Waals surface area contributed by atoms with Gasteiger partial charge in [-0.2, -0.15) is 0 Å². The molecule has 0 spiro atoms. The maximum absolute atomic E-state index is 11.9. The second-order valence-corrected chi connectivity index (χ2v) is 5.34. The van der Waals surface area contributed by atoms with E-state index < -0.39 is 4.92 Å². The highest BCUT2D eigenvalue weighted by Gasteiger charge is 2.19. The molecule has 2 aromatic rings. The molecule has 0 atom stereocenters. The smallest absolute Gasteiger partial charge is 0.311 e. The Morgan fingerprint density at radius 3 is 2.52 bits per heavy atom. The average molecular weight is 314 g/mol. The van der Waals surface area contributed by atoms with Gasteiger partial charge in [-0.3, -0.25) is 14.9 Å². The molecule has 0 aromatic heterocycles. The van der Waals surface area contributed by atoms with Crippen molar-refractivity contribution in [2.45, 2.75) is 26.5 Å². The van der Waals surface area contributed by atoms with Gasteiger partial charge in [0, 0.05) is 17.7 Å². The largest absolute Gasteiger partial charge is 0.482 e. The summed E-state index contributed by atoms with van der Waals surface area (Å²) in [4.78, 5) is 22.6. The van der Waals surface area contributed by atoms with Crippen molar-refractivity contribution in [3.63, 3.8) is 0 Å². The highest BCUT2D eigenvalue weighted by molar-refractivity contribution is 5.95. The Morgan fingerprint density at radius 2 is 1.91 bits per heavy atom. The van der Waals surface area contributed by atoms with E-state index >= 15 is 0 Å². The number of ether oxygens (including phenoxy) is 1. The molecule has 0 unspecified atom stereocenters. The summed E-state index contributed by atoms with van der Waals surface area (Å²) < 4.78 is 5.53. The zero-order valence-electron chi connectivity index (χ0n) is 13.0. The van der Waals surface area contributed by atoms with Crippen LogP contribution in [-0.4, -0.2) is 16.9 Å². The lowest BCUT2D eigenvalue weighted by atomic mass is 10.1. The molecular weight excluding hydrogens is 296 g/mol. The number of nitrogens with zero attached hydrogens (tertiary/aromatic N) is 1. The highest BCUT2D eigenvalue weighted by atomic mass is 16.6. The zero-order chi connectivity index (χ0) is 16.8. The van der Waals surface area contributed by atoms with Crippen molar-refractivity contribution in [2.24, 2.45) is 0 Å². The molecule has 0 heterocycles. The number of amides is 1. The van der Waals surface area contributed by atoms with Gasteiger partial charge in [0.2, 0.25) is 0 Å². The third-order valence-corrected chi connectivity index (χ3v) is 3.07. The number of hydrogen-bond acceptors (Lipinski definition) is 4. The van der Waals surface area contributed by atoms with E-state index in [-0.39, 0.29) is 35.6 Å².